The second kappa shape index (κ2) is 73.2. The largest absolute Gasteiger partial charge is 0.472 e. The van der Waals surface area contributed by atoms with Crippen LogP contribution in [0.1, 0.15) is 434 Å². The van der Waals surface area contributed by atoms with Crippen molar-refractivity contribution >= 4 is 39.5 Å². The van der Waals surface area contributed by atoms with E-state index in [-0.39, 0.29) is 25.7 Å². The lowest BCUT2D eigenvalue weighted by Gasteiger charge is -2.21. The van der Waals surface area contributed by atoms with Gasteiger partial charge in [-0.05, 0) is 43.4 Å². The molecule has 606 valence electrons. The predicted molar refractivity (Wildman–Crippen MR) is 418 cm³/mol. The number of ether oxygens (including phenoxy) is 4. The van der Waals surface area contributed by atoms with Crippen LogP contribution in [0.15, 0.2) is 0 Å². The Morgan fingerprint density at radius 2 is 0.500 bits per heavy atom. The van der Waals surface area contributed by atoms with Gasteiger partial charge in [-0.1, -0.05) is 382 Å². The fourth-order valence-electron chi connectivity index (χ4n) is 12.8. The molecule has 0 aliphatic carbocycles. The number of hydrogen-bond acceptors (Lipinski definition) is 15. The van der Waals surface area contributed by atoms with Crippen molar-refractivity contribution in [2.24, 2.45) is 17.8 Å². The number of phosphoric acid groups is 2. The lowest BCUT2D eigenvalue weighted by Crippen LogP contribution is -2.30. The molecule has 0 aromatic rings. The van der Waals surface area contributed by atoms with Crippen LogP contribution in [0.25, 0.3) is 0 Å². The molecule has 0 radical (unpaired) electrons. The zero-order chi connectivity index (χ0) is 75.1. The van der Waals surface area contributed by atoms with Crippen molar-refractivity contribution in [3.05, 3.63) is 0 Å². The number of esters is 4. The standard InChI is InChI=1S/C83H162O17P2/c1-8-11-12-13-14-15-16-21-28-36-43-50-57-64-80(85)93-71-79(100-83(88)67-60-53-46-39-32-31-33-40-47-54-61-74(4)5)73-98-102(91,92)96-69-77(84)68-95-101(89,90)97-72-78(99-82(87)66-59-52-45-38-30-25-20-18-23-27-35-42-49-56-63-76(7)10-3)70-94-81(86)65-58-51-44-37-29-24-19-17-22-26-34-41-48-55-62-75(6)9-2/h74-79,84H,8-73H2,1-7H3,(H,89,90)(H,91,92)/t75?,76?,77-,78-,79-/m1/s1. The summed E-state index contributed by atoms with van der Waals surface area (Å²) in [6.07, 6.45) is 62.2. The van der Waals surface area contributed by atoms with Crippen LogP contribution in [0.4, 0.5) is 0 Å². The number of carbonyl (C=O) groups is 4. The number of aliphatic hydroxyl groups is 1. The molecule has 3 N–H and O–H groups in total. The molecule has 0 aliphatic rings. The Labute approximate surface area is 626 Å². The van der Waals surface area contributed by atoms with Crippen LogP contribution in [-0.2, 0) is 65.4 Å². The molecule has 0 saturated heterocycles. The Balaban J connectivity index is 5.27. The van der Waals surface area contributed by atoms with Gasteiger partial charge in [-0.25, -0.2) is 9.13 Å². The number of phosphoric ester groups is 2. The van der Waals surface area contributed by atoms with E-state index >= 15 is 0 Å². The minimum absolute atomic E-state index is 0.106. The van der Waals surface area contributed by atoms with Gasteiger partial charge < -0.3 is 33.8 Å². The van der Waals surface area contributed by atoms with Crippen molar-refractivity contribution in [3.8, 4) is 0 Å². The molecular formula is C83H162O17P2. The molecule has 19 heteroatoms. The first-order valence-electron chi connectivity index (χ1n) is 42.9. The van der Waals surface area contributed by atoms with Gasteiger partial charge in [0.05, 0.1) is 26.4 Å². The van der Waals surface area contributed by atoms with E-state index in [0.29, 0.717) is 25.7 Å². The van der Waals surface area contributed by atoms with Crippen LogP contribution in [0, 0.1) is 17.8 Å². The molecule has 0 heterocycles. The summed E-state index contributed by atoms with van der Waals surface area (Å²) in [6, 6.07) is 0. The molecule has 0 spiro atoms. The fourth-order valence-corrected chi connectivity index (χ4v) is 14.4. The van der Waals surface area contributed by atoms with Crippen molar-refractivity contribution in [3.63, 3.8) is 0 Å². The molecule has 0 rings (SSSR count). The minimum atomic E-state index is -4.96. The highest BCUT2D eigenvalue weighted by atomic mass is 31.2. The van der Waals surface area contributed by atoms with E-state index in [1.165, 1.54) is 244 Å². The zero-order valence-electron chi connectivity index (χ0n) is 67.1. The second-order valence-corrected chi connectivity index (χ2v) is 33.7. The maximum atomic E-state index is 13.1. The molecule has 0 fully saturated rings. The molecule has 17 nitrogen and oxygen atoms in total. The Morgan fingerprint density at radius 1 is 0.284 bits per heavy atom. The highest BCUT2D eigenvalue weighted by Crippen LogP contribution is 2.45. The SMILES string of the molecule is CCCCCCCCCCCCCCCC(=O)OC[C@H](COP(=O)(O)OC[C@H](O)COP(=O)(O)OC[C@@H](COC(=O)CCCCCCCCCCCCCCCCC(C)CC)OC(=O)CCCCCCCCCCCCCCCCC(C)CC)OC(=O)CCCCCCCCCCCCC(C)C. The fraction of sp³-hybridized carbons (Fsp3) is 0.952. The van der Waals surface area contributed by atoms with E-state index in [4.69, 9.17) is 37.0 Å². The lowest BCUT2D eigenvalue weighted by molar-refractivity contribution is -0.161. The molecule has 0 bridgehead atoms. The van der Waals surface area contributed by atoms with E-state index in [1.807, 2.05) is 0 Å². The third kappa shape index (κ3) is 73.6. The van der Waals surface area contributed by atoms with Gasteiger partial charge in [-0.15, -0.1) is 0 Å². The van der Waals surface area contributed by atoms with Gasteiger partial charge >= 0.3 is 39.5 Å². The van der Waals surface area contributed by atoms with E-state index < -0.39 is 97.5 Å². The Bertz CT molecular complexity index is 1980. The van der Waals surface area contributed by atoms with Gasteiger partial charge in [0.1, 0.15) is 19.3 Å². The molecule has 4 unspecified atom stereocenters. The summed E-state index contributed by atoms with van der Waals surface area (Å²) in [4.78, 5) is 73.1. The second-order valence-electron chi connectivity index (χ2n) is 30.8. The minimum Gasteiger partial charge on any atom is -0.462 e. The van der Waals surface area contributed by atoms with E-state index in [0.717, 1.165) is 108 Å². The first-order valence-corrected chi connectivity index (χ1v) is 45.9. The average molecular weight is 1490 g/mol. The van der Waals surface area contributed by atoms with Crippen molar-refractivity contribution in [2.45, 2.75) is 452 Å². The summed E-state index contributed by atoms with van der Waals surface area (Å²) in [5, 5.41) is 10.7. The summed E-state index contributed by atoms with van der Waals surface area (Å²) < 4.78 is 68.8. The van der Waals surface area contributed by atoms with Crippen molar-refractivity contribution in [1.29, 1.82) is 0 Å². The predicted octanol–water partition coefficient (Wildman–Crippen LogP) is 24.9. The molecule has 0 saturated carbocycles. The molecule has 0 amide bonds. The topological polar surface area (TPSA) is 237 Å². The van der Waals surface area contributed by atoms with Gasteiger partial charge in [-0.2, -0.15) is 0 Å². The van der Waals surface area contributed by atoms with E-state index in [2.05, 4.69) is 48.5 Å². The maximum Gasteiger partial charge on any atom is 0.472 e. The van der Waals surface area contributed by atoms with Gasteiger partial charge in [0.15, 0.2) is 12.2 Å². The average Bonchev–Trinajstić information content (AvgIpc) is 0.931. The Hall–Kier alpha value is -1.94. The summed E-state index contributed by atoms with van der Waals surface area (Å²) in [7, 11) is -9.92. The Kier molecular flexibility index (Phi) is 71.8. The normalized spacial score (nSPS) is 14.5. The molecule has 0 aromatic carbocycles. The number of unbranched alkanes of at least 4 members (excludes halogenated alkanes) is 47. The van der Waals surface area contributed by atoms with Gasteiger partial charge in [0, 0.05) is 25.7 Å². The maximum absolute atomic E-state index is 13.1. The van der Waals surface area contributed by atoms with Gasteiger partial charge in [0.2, 0.25) is 0 Å². The van der Waals surface area contributed by atoms with E-state index in [1.54, 1.807) is 0 Å². The number of carbonyl (C=O) groups excluding carboxylic acids is 4. The summed E-state index contributed by atoms with van der Waals surface area (Å²) in [5.74, 6) is 0.341. The summed E-state index contributed by atoms with van der Waals surface area (Å²) in [6.45, 7) is 12.1. The van der Waals surface area contributed by atoms with E-state index in [9.17, 15) is 43.2 Å². The molecule has 0 aliphatic heterocycles. The number of aliphatic hydroxyl groups excluding tert-OH is 1. The van der Waals surface area contributed by atoms with Crippen molar-refractivity contribution in [1.82, 2.24) is 0 Å². The van der Waals surface area contributed by atoms with Crippen LogP contribution in [0.5, 0.6) is 0 Å². The monoisotopic (exact) mass is 1490 g/mol. The first-order chi connectivity index (χ1) is 49.3. The smallest absolute Gasteiger partial charge is 0.462 e. The van der Waals surface area contributed by atoms with Crippen LogP contribution in [-0.4, -0.2) is 96.7 Å². The van der Waals surface area contributed by atoms with Gasteiger partial charge in [-0.3, -0.25) is 37.3 Å². The number of rotatable bonds is 81. The molecule has 7 atom stereocenters. The third-order valence-electron chi connectivity index (χ3n) is 20.1. The number of hydrogen-bond donors (Lipinski definition) is 3. The highest BCUT2D eigenvalue weighted by molar-refractivity contribution is 7.47. The first kappa shape index (κ1) is 100. The summed E-state index contributed by atoms with van der Waals surface area (Å²) in [5.41, 5.74) is 0. The molecule has 0 aromatic heterocycles. The van der Waals surface area contributed by atoms with Crippen molar-refractivity contribution < 1.29 is 80.2 Å². The Morgan fingerprint density at radius 3 is 0.745 bits per heavy atom. The van der Waals surface area contributed by atoms with Crippen LogP contribution in [0.2, 0.25) is 0 Å². The third-order valence-corrected chi connectivity index (χ3v) is 22.0. The van der Waals surface area contributed by atoms with Crippen LogP contribution < -0.4 is 0 Å². The van der Waals surface area contributed by atoms with Crippen LogP contribution >= 0.6 is 15.6 Å². The highest BCUT2D eigenvalue weighted by Gasteiger charge is 2.30. The van der Waals surface area contributed by atoms with Gasteiger partial charge in [0.25, 0.3) is 0 Å². The molecule has 102 heavy (non-hydrogen) atoms. The summed E-state index contributed by atoms with van der Waals surface area (Å²) >= 11 is 0. The quantitative estimate of drug-likeness (QED) is 0.0222. The lowest BCUT2D eigenvalue weighted by atomic mass is 9.99. The van der Waals surface area contributed by atoms with Crippen LogP contribution in [0.3, 0.4) is 0 Å². The molecular weight excluding hydrogens is 1330 g/mol. The van der Waals surface area contributed by atoms with Crippen molar-refractivity contribution in [2.75, 3.05) is 39.6 Å². The zero-order valence-corrected chi connectivity index (χ0v) is 68.9.